The largest absolute Gasteiger partial charge is 0.306 e. The SMILES string of the molecule is CN1CCC(C#Cc2ccccc2)CC1. The molecule has 15 heavy (non-hydrogen) atoms. The molecule has 0 atom stereocenters. The highest BCUT2D eigenvalue weighted by atomic mass is 15.1. The number of rotatable bonds is 0. The number of nitrogens with zero attached hydrogens (tertiary/aromatic N) is 1. The first-order valence-corrected chi connectivity index (χ1v) is 5.60. The maximum atomic E-state index is 3.38. The third kappa shape index (κ3) is 3.11. The van der Waals surface area contributed by atoms with Crippen LogP contribution in [0.15, 0.2) is 30.3 Å². The van der Waals surface area contributed by atoms with Gasteiger partial charge in [0, 0.05) is 11.5 Å². The highest BCUT2D eigenvalue weighted by Gasteiger charge is 2.13. The lowest BCUT2D eigenvalue weighted by atomic mass is 9.97. The minimum absolute atomic E-state index is 0.599. The lowest BCUT2D eigenvalue weighted by molar-refractivity contribution is 0.248. The molecule has 0 unspecified atom stereocenters. The summed E-state index contributed by atoms with van der Waals surface area (Å²) in [6.45, 7) is 2.38. The van der Waals surface area contributed by atoms with E-state index in [0.717, 1.165) is 5.56 Å². The third-order valence-corrected chi connectivity index (χ3v) is 2.91. The fourth-order valence-corrected chi connectivity index (χ4v) is 1.86. The van der Waals surface area contributed by atoms with E-state index in [1.807, 2.05) is 18.2 Å². The number of hydrogen-bond acceptors (Lipinski definition) is 1. The number of hydrogen-bond donors (Lipinski definition) is 0. The van der Waals surface area contributed by atoms with Crippen LogP contribution < -0.4 is 0 Å². The van der Waals surface area contributed by atoms with Gasteiger partial charge < -0.3 is 4.90 Å². The molecule has 1 heteroatoms. The summed E-state index contributed by atoms with van der Waals surface area (Å²) in [4.78, 5) is 2.38. The van der Waals surface area contributed by atoms with Crippen molar-refractivity contribution in [3.05, 3.63) is 35.9 Å². The molecule has 0 amide bonds. The van der Waals surface area contributed by atoms with Crippen LogP contribution in [-0.4, -0.2) is 25.0 Å². The molecule has 1 aromatic carbocycles. The monoisotopic (exact) mass is 199 g/mol. The van der Waals surface area contributed by atoms with Crippen LogP contribution in [0.4, 0.5) is 0 Å². The highest BCUT2D eigenvalue weighted by molar-refractivity contribution is 5.34. The second kappa shape index (κ2) is 5.00. The molecule has 1 fully saturated rings. The zero-order valence-corrected chi connectivity index (χ0v) is 9.24. The first kappa shape index (κ1) is 10.3. The molecular formula is C14H17N. The van der Waals surface area contributed by atoms with Crippen LogP contribution in [0, 0.1) is 17.8 Å². The maximum absolute atomic E-state index is 3.38. The lowest BCUT2D eigenvalue weighted by Gasteiger charge is -2.25. The van der Waals surface area contributed by atoms with Crippen molar-refractivity contribution in [2.45, 2.75) is 12.8 Å². The summed E-state index contributed by atoms with van der Waals surface area (Å²) >= 11 is 0. The molecule has 0 radical (unpaired) electrons. The molecule has 0 saturated carbocycles. The van der Waals surface area contributed by atoms with E-state index in [2.05, 4.69) is 35.9 Å². The van der Waals surface area contributed by atoms with Gasteiger partial charge >= 0.3 is 0 Å². The fourth-order valence-electron chi connectivity index (χ4n) is 1.86. The Labute approximate surface area is 92.1 Å². The van der Waals surface area contributed by atoms with E-state index in [1.165, 1.54) is 25.9 Å². The quantitative estimate of drug-likeness (QED) is 0.580. The molecule has 2 rings (SSSR count). The van der Waals surface area contributed by atoms with Crippen LogP contribution in [0.2, 0.25) is 0 Å². The molecule has 0 N–H and O–H groups in total. The first-order chi connectivity index (χ1) is 7.34. The highest BCUT2D eigenvalue weighted by Crippen LogP contribution is 2.14. The van der Waals surface area contributed by atoms with Crippen molar-refractivity contribution in [2.75, 3.05) is 20.1 Å². The van der Waals surface area contributed by atoms with Crippen molar-refractivity contribution >= 4 is 0 Å². The standard InChI is InChI=1S/C14H17N/c1-15-11-9-14(10-12-15)8-7-13-5-3-2-4-6-13/h2-6,14H,9-12H2,1H3. The molecule has 1 saturated heterocycles. The Morgan fingerprint density at radius 2 is 1.80 bits per heavy atom. The van der Waals surface area contributed by atoms with Crippen molar-refractivity contribution in [3.8, 4) is 11.8 Å². The Kier molecular flexibility index (Phi) is 3.42. The number of benzene rings is 1. The molecule has 1 aromatic rings. The van der Waals surface area contributed by atoms with E-state index >= 15 is 0 Å². The zero-order valence-electron chi connectivity index (χ0n) is 9.24. The number of likely N-dealkylation sites (tertiary alicyclic amines) is 1. The van der Waals surface area contributed by atoms with Gasteiger partial charge in [-0.05, 0) is 45.1 Å². The van der Waals surface area contributed by atoms with Gasteiger partial charge in [-0.25, -0.2) is 0 Å². The molecule has 78 valence electrons. The summed E-state index contributed by atoms with van der Waals surface area (Å²) in [5.41, 5.74) is 1.14. The average Bonchev–Trinajstić information content (AvgIpc) is 2.30. The van der Waals surface area contributed by atoms with Gasteiger partial charge in [0.1, 0.15) is 0 Å². The van der Waals surface area contributed by atoms with E-state index in [9.17, 15) is 0 Å². The van der Waals surface area contributed by atoms with Gasteiger partial charge in [0.2, 0.25) is 0 Å². The van der Waals surface area contributed by atoms with Gasteiger partial charge in [-0.1, -0.05) is 30.0 Å². The second-order valence-electron chi connectivity index (χ2n) is 4.21. The van der Waals surface area contributed by atoms with Crippen molar-refractivity contribution in [1.82, 2.24) is 4.90 Å². The molecule has 1 nitrogen and oxygen atoms in total. The van der Waals surface area contributed by atoms with Crippen LogP contribution in [0.25, 0.3) is 0 Å². The van der Waals surface area contributed by atoms with Crippen molar-refractivity contribution in [1.29, 1.82) is 0 Å². The predicted molar refractivity (Wildman–Crippen MR) is 63.5 cm³/mol. The van der Waals surface area contributed by atoms with Gasteiger partial charge in [0.05, 0.1) is 0 Å². The van der Waals surface area contributed by atoms with Gasteiger partial charge in [0.15, 0.2) is 0 Å². The van der Waals surface area contributed by atoms with E-state index in [0.29, 0.717) is 5.92 Å². The normalized spacial score (nSPS) is 18.2. The summed E-state index contributed by atoms with van der Waals surface area (Å²) < 4.78 is 0. The molecule has 1 heterocycles. The van der Waals surface area contributed by atoms with Crippen molar-refractivity contribution in [3.63, 3.8) is 0 Å². The second-order valence-corrected chi connectivity index (χ2v) is 4.21. The summed E-state index contributed by atoms with van der Waals surface area (Å²) in [5, 5.41) is 0. The molecule has 0 spiro atoms. The number of piperidine rings is 1. The third-order valence-electron chi connectivity index (χ3n) is 2.91. The van der Waals surface area contributed by atoms with Gasteiger partial charge in [-0.2, -0.15) is 0 Å². The molecule has 1 aliphatic rings. The Morgan fingerprint density at radius 3 is 2.47 bits per heavy atom. The molecule has 0 bridgehead atoms. The van der Waals surface area contributed by atoms with Crippen LogP contribution in [0.5, 0.6) is 0 Å². The van der Waals surface area contributed by atoms with E-state index in [4.69, 9.17) is 0 Å². The molecular weight excluding hydrogens is 182 g/mol. The molecule has 1 aliphatic heterocycles. The molecule has 0 aromatic heterocycles. The Hall–Kier alpha value is -1.26. The van der Waals surface area contributed by atoms with Crippen LogP contribution >= 0.6 is 0 Å². The lowest BCUT2D eigenvalue weighted by Crippen LogP contribution is -2.29. The summed E-state index contributed by atoms with van der Waals surface area (Å²) in [6, 6.07) is 10.3. The van der Waals surface area contributed by atoms with Crippen molar-refractivity contribution in [2.24, 2.45) is 5.92 Å². The average molecular weight is 199 g/mol. The van der Waals surface area contributed by atoms with Gasteiger partial charge in [-0.15, -0.1) is 0 Å². The first-order valence-electron chi connectivity index (χ1n) is 5.60. The zero-order chi connectivity index (χ0) is 10.5. The van der Waals surface area contributed by atoms with Gasteiger partial charge in [-0.3, -0.25) is 0 Å². The Balaban J connectivity index is 1.95. The van der Waals surface area contributed by atoms with Gasteiger partial charge in [0.25, 0.3) is 0 Å². The topological polar surface area (TPSA) is 3.24 Å². The summed E-state index contributed by atoms with van der Waals surface area (Å²) in [7, 11) is 2.18. The smallest absolute Gasteiger partial charge is 0.0245 e. The predicted octanol–water partition coefficient (Wildman–Crippen LogP) is 2.38. The maximum Gasteiger partial charge on any atom is 0.0245 e. The Bertz CT molecular complexity index is 350. The molecule has 0 aliphatic carbocycles. The summed E-state index contributed by atoms with van der Waals surface area (Å²) in [5.74, 6) is 7.24. The van der Waals surface area contributed by atoms with E-state index < -0.39 is 0 Å². The van der Waals surface area contributed by atoms with Crippen LogP contribution in [0.3, 0.4) is 0 Å². The Morgan fingerprint density at radius 1 is 1.13 bits per heavy atom. The minimum Gasteiger partial charge on any atom is -0.306 e. The van der Waals surface area contributed by atoms with E-state index in [1.54, 1.807) is 0 Å². The van der Waals surface area contributed by atoms with Crippen LogP contribution in [0.1, 0.15) is 18.4 Å². The van der Waals surface area contributed by atoms with Crippen molar-refractivity contribution < 1.29 is 0 Å². The summed E-state index contributed by atoms with van der Waals surface area (Å²) in [6.07, 6.45) is 2.44. The fraction of sp³-hybridized carbons (Fsp3) is 0.429. The van der Waals surface area contributed by atoms with Crippen LogP contribution in [-0.2, 0) is 0 Å². The van der Waals surface area contributed by atoms with E-state index in [-0.39, 0.29) is 0 Å². The minimum atomic E-state index is 0.599.